The van der Waals surface area contributed by atoms with E-state index in [0.29, 0.717) is 6.54 Å². The summed E-state index contributed by atoms with van der Waals surface area (Å²) < 4.78 is 26.8. The van der Waals surface area contributed by atoms with Gasteiger partial charge in [-0.25, -0.2) is 17.9 Å². The summed E-state index contributed by atoms with van der Waals surface area (Å²) in [5.74, 6) is -1.13. The molecule has 2 N–H and O–H groups in total. The first-order valence-electron chi connectivity index (χ1n) is 8.30. The van der Waals surface area contributed by atoms with E-state index in [1.165, 1.54) is 56.4 Å². The smallest absolute Gasteiger partial charge is 0.335 e. The van der Waals surface area contributed by atoms with Crippen LogP contribution >= 0.6 is 0 Å². The van der Waals surface area contributed by atoms with E-state index in [9.17, 15) is 13.2 Å². The number of rotatable bonds is 12. The number of carboxylic acid groups (broad SMARTS) is 1. The molecule has 0 aliphatic rings. The highest BCUT2D eigenvalue weighted by atomic mass is 32.2. The minimum atomic E-state index is -3.63. The van der Waals surface area contributed by atoms with Crippen molar-refractivity contribution in [3.8, 4) is 0 Å². The normalized spacial score (nSPS) is 11.5. The molecule has 0 aromatic heterocycles. The third-order valence-corrected chi connectivity index (χ3v) is 5.17. The number of carboxylic acids is 1. The summed E-state index contributed by atoms with van der Waals surface area (Å²) in [6, 6.07) is 5.40. The molecular formula is C17H27NO4S. The molecule has 23 heavy (non-hydrogen) atoms. The Kier molecular flexibility index (Phi) is 8.87. The Morgan fingerprint density at radius 1 is 1.04 bits per heavy atom. The van der Waals surface area contributed by atoms with Gasteiger partial charge in [-0.1, -0.05) is 57.9 Å². The van der Waals surface area contributed by atoms with Crippen molar-refractivity contribution in [2.24, 2.45) is 0 Å². The van der Waals surface area contributed by atoms with E-state index < -0.39 is 16.0 Å². The van der Waals surface area contributed by atoms with Crippen LogP contribution in [0.1, 0.15) is 68.6 Å². The zero-order valence-electron chi connectivity index (χ0n) is 13.8. The van der Waals surface area contributed by atoms with E-state index >= 15 is 0 Å². The summed E-state index contributed by atoms with van der Waals surface area (Å²) >= 11 is 0. The van der Waals surface area contributed by atoms with Gasteiger partial charge in [0.15, 0.2) is 0 Å². The number of nitrogens with one attached hydrogen (secondary N) is 1. The topological polar surface area (TPSA) is 83.5 Å². The average Bonchev–Trinajstić information content (AvgIpc) is 2.53. The lowest BCUT2D eigenvalue weighted by Gasteiger charge is -2.07. The molecule has 5 nitrogen and oxygen atoms in total. The van der Waals surface area contributed by atoms with Crippen LogP contribution in [-0.4, -0.2) is 26.0 Å². The fraction of sp³-hybridized carbons (Fsp3) is 0.588. The molecule has 0 radical (unpaired) electrons. The van der Waals surface area contributed by atoms with Crippen molar-refractivity contribution >= 4 is 16.0 Å². The second-order valence-corrected chi connectivity index (χ2v) is 7.47. The van der Waals surface area contributed by atoms with Crippen LogP contribution in [0.25, 0.3) is 0 Å². The van der Waals surface area contributed by atoms with Crippen LogP contribution in [-0.2, 0) is 10.0 Å². The highest BCUT2D eigenvalue weighted by Crippen LogP contribution is 2.12. The number of hydrogen-bond donors (Lipinski definition) is 2. The van der Waals surface area contributed by atoms with Crippen LogP contribution < -0.4 is 4.72 Å². The van der Waals surface area contributed by atoms with Crippen LogP contribution in [0.5, 0.6) is 0 Å². The van der Waals surface area contributed by atoms with Crippen LogP contribution in [0.3, 0.4) is 0 Å². The Hall–Kier alpha value is -1.40. The van der Waals surface area contributed by atoms with Gasteiger partial charge in [-0.3, -0.25) is 0 Å². The minimum Gasteiger partial charge on any atom is -0.478 e. The van der Waals surface area contributed by atoms with Gasteiger partial charge < -0.3 is 5.11 Å². The molecule has 0 unspecified atom stereocenters. The first kappa shape index (κ1) is 19.6. The highest BCUT2D eigenvalue weighted by Gasteiger charge is 2.15. The van der Waals surface area contributed by atoms with E-state index in [4.69, 9.17) is 5.11 Å². The quantitative estimate of drug-likeness (QED) is 0.566. The van der Waals surface area contributed by atoms with Gasteiger partial charge in [0.05, 0.1) is 10.5 Å². The molecule has 0 spiro atoms. The van der Waals surface area contributed by atoms with E-state index in [1.54, 1.807) is 0 Å². The summed E-state index contributed by atoms with van der Waals surface area (Å²) in [6.45, 7) is 2.58. The third kappa shape index (κ3) is 7.61. The number of sulfonamides is 1. The number of unbranched alkanes of at least 4 members (excludes halogenated alkanes) is 7. The van der Waals surface area contributed by atoms with Gasteiger partial charge in [-0.05, 0) is 24.6 Å². The van der Waals surface area contributed by atoms with Crippen molar-refractivity contribution in [3.63, 3.8) is 0 Å². The standard InChI is InChI=1S/C17H27NO4S/c1-2-3-4-5-6-7-8-9-13-18-23(21,22)16-12-10-11-15(14-16)17(19)20/h10-12,14,18H,2-9,13H2,1H3,(H,19,20). The van der Waals surface area contributed by atoms with E-state index in [2.05, 4.69) is 11.6 Å². The molecule has 6 heteroatoms. The third-order valence-electron chi connectivity index (χ3n) is 3.71. The first-order chi connectivity index (χ1) is 11.0. The molecule has 0 heterocycles. The van der Waals surface area contributed by atoms with E-state index in [1.807, 2.05) is 0 Å². The lowest BCUT2D eigenvalue weighted by molar-refractivity contribution is 0.0696. The molecule has 0 atom stereocenters. The van der Waals surface area contributed by atoms with Crippen LogP contribution in [0.2, 0.25) is 0 Å². The number of hydrogen-bond acceptors (Lipinski definition) is 3. The predicted molar refractivity (Wildman–Crippen MR) is 91.2 cm³/mol. The fourth-order valence-corrected chi connectivity index (χ4v) is 3.46. The summed E-state index contributed by atoms with van der Waals surface area (Å²) in [4.78, 5) is 10.9. The Balaban J connectivity index is 2.31. The monoisotopic (exact) mass is 341 g/mol. The molecule has 0 saturated carbocycles. The summed E-state index contributed by atoms with van der Waals surface area (Å²) in [6.07, 6.45) is 9.19. The molecule has 130 valence electrons. The molecule has 0 fully saturated rings. The first-order valence-corrected chi connectivity index (χ1v) is 9.78. The number of benzene rings is 1. The molecule has 1 aromatic carbocycles. The molecule has 0 bridgehead atoms. The number of carbonyl (C=O) groups is 1. The maximum Gasteiger partial charge on any atom is 0.335 e. The maximum absolute atomic E-state index is 12.1. The van der Waals surface area contributed by atoms with Crippen molar-refractivity contribution in [1.82, 2.24) is 4.72 Å². The van der Waals surface area contributed by atoms with Gasteiger partial charge in [0, 0.05) is 6.54 Å². The van der Waals surface area contributed by atoms with Gasteiger partial charge in [-0.15, -0.1) is 0 Å². The van der Waals surface area contributed by atoms with Crippen molar-refractivity contribution in [3.05, 3.63) is 29.8 Å². The zero-order chi connectivity index (χ0) is 17.1. The largest absolute Gasteiger partial charge is 0.478 e. The highest BCUT2D eigenvalue weighted by molar-refractivity contribution is 7.89. The van der Waals surface area contributed by atoms with Crippen molar-refractivity contribution in [2.75, 3.05) is 6.54 Å². The molecule has 0 aliphatic heterocycles. The Labute approximate surface area is 139 Å². The molecule has 1 rings (SSSR count). The van der Waals surface area contributed by atoms with Gasteiger partial charge in [0.1, 0.15) is 0 Å². The Morgan fingerprint density at radius 3 is 2.26 bits per heavy atom. The predicted octanol–water partition coefficient (Wildman–Crippen LogP) is 3.80. The average molecular weight is 341 g/mol. The van der Waals surface area contributed by atoms with Crippen LogP contribution in [0.4, 0.5) is 0 Å². The summed E-state index contributed by atoms with van der Waals surface area (Å²) in [5.41, 5.74) is -0.0278. The van der Waals surface area contributed by atoms with E-state index in [-0.39, 0.29) is 10.5 Å². The fourth-order valence-electron chi connectivity index (χ4n) is 2.35. The minimum absolute atomic E-state index is 0.00281. The van der Waals surface area contributed by atoms with Crippen LogP contribution in [0.15, 0.2) is 29.2 Å². The molecule has 1 aromatic rings. The van der Waals surface area contributed by atoms with Crippen molar-refractivity contribution < 1.29 is 18.3 Å². The molecule has 0 saturated heterocycles. The second-order valence-electron chi connectivity index (χ2n) is 5.71. The van der Waals surface area contributed by atoms with Gasteiger partial charge in [-0.2, -0.15) is 0 Å². The van der Waals surface area contributed by atoms with Gasteiger partial charge in [0.25, 0.3) is 0 Å². The Morgan fingerprint density at radius 2 is 1.65 bits per heavy atom. The molecular weight excluding hydrogens is 314 g/mol. The summed E-state index contributed by atoms with van der Waals surface area (Å²) in [5, 5.41) is 8.91. The number of aromatic carboxylic acids is 1. The van der Waals surface area contributed by atoms with Gasteiger partial charge in [0.2, 0.25) is 10.0 Å². The maximum atomic E-state index is 12.1. The Bertz CT molecular complexity index is 584. The molecule has 0 amide bonds. The second kappa shape index (κ2) is 10.4. The van der Waals surface area contributed by atoms with Crippen molar-refractivity contribution in [2.45, 2.75) is 63.2 Å². The molecule has 0 aliphatic carbocycles. The van der Waals surface area contributed by atoms with Gasteiger partial charge >= 0.3 is 5.97 Å². The lowest BCUT2D eigenvalue weighted by atomic mass is 10.1. The summed E-state index contributed by atoms with van der Waals surface area (Å²) in [7, 11) is -3.63. The lowest BCUT2D eigenvalue weighted by Crippen LogP contribution is -2.25. The zero-order valence-corrected chi connectivity index (χ0v) is 14.6. The van der Waals surface area contributed by atoms with E-state index in [0.717, 1.165) is 19.3 Å². The van der Waals surface area contributed by atoms with Crippen LogP contribution in [0, 0.1) is 0 Å². The SMILES string of the molecule is CCCCCCCCCCNS(=O)(=O)c1cccc(C(=O)O)c1. The van der Waals surface area contributed by atoms with Crippen molar-refractivity contribution in [1.29, 1.82) is 0 Å².